The van der Waals surface area contributed by atoms with Crippen molar-refractivity contribution in [2.45, 2.75) is 31.2 Å². The molecule has 34 heavy (non-hydrogen) atoms. The minimum Gasteiger partial charge on any atom is -0.480 e. The number of hydrogen-bond acceptors (Lipinski definition) is 6. The lowest BCUT2D eigenvalue weighted by molar-refractivity contribution is -0.141. The van der Waals surface area contributed by atoms with E-state index < -0.39 is 24.0 Å². The van der Waals surface area contributed by atoms with Crippen LogP contribution in [0.1, 0.15) is 46.9 Å². The molecule has 2 aliphatic carbocycles. The van der Waals surface area contributed by atoms with Crippen LogP contribution in [0.5, 0.6) is 0 Å². The highest BCUT2D eigenvalue weighted by Crippen LogP contribution is 2.44. The second-order valence-corrected chi connectivity index (χ2v) is 8.44. The number of amides is 2. The van der Waals surface area contributed by atoms with Crippen LogP contribution in [-0.2, 0) is 9.53 Å². The van der Waals surface area contributed by atoms with Crippen molar-refractivity contribution in [3.8, 4) is 11.1 Å². The Morgan fingerprint density at radius 1 is 1.06 bits per heavy atom. The van der Waals surface area contributed by atoms with E-state index in [4.69, 9.17) is 4.74 Å². The quantitative estimate of drug-likeness (QED) is 0.423. The molecule has 0 saturated heterocycles. The summed E-state index contributed by atoms with van der Waals surface area (Å²) in [6, 6.07) is 15.0. The first kappa shape index (κ1) is 21.6. The third-order valence-corrected chi connectivity index (χ3v) is 6.43. The standard InChI is InChI=1S/C24H23N5O5/c30-21(25-19(22(31)32)13-6-5-7-13)20-26-23(29-28-20)27-24(33)34-12-18-16-10-3-1-8-14(16)15-9-2-4-11-17(15)18/h1-4,8-11,13,18-19H,5-7,12H2,(H,25,30)(H,31,32)(H2,26,27,28,29,33). The molecule has 1 saturated carbocycles. The van der Waals surface area contributed by atoms with Gasteiger partial charge >= 0.3 is 12.1 Å². The zero-order valence-corrected chi connectivity index (χ0v) is 18.2. The summed E-state index contributed by atoms with van der Waals surface area (Å²) < 4.78 is 5.44. The highest BCUT2D eigenvalue weighted by atomic mass is 16.5. The van der Waals surface area contributed by atoms with E-state index >= 15 is 0 Å². The van der Waals surface area contributed by atoms with Crippen LogP contribution in [0.15, 0.2) is 48.5 Å². The van der Waals surface area contributed by atoms with Gasteiger partial charge in [-0.15, -0.1) is 5.10 Å². The van der Waals surface area contributed by atoms with Gasteiger partial charge in [0.25, 0.3) is 11.9 Å². The summed E-state index contributed by atoms with van der Waals surface area (Å²) >= 11 is 0. The lowest BCUT2D eigenvalue weighted by atomic mass is 9.79. The maximum atomic E-state index is 12.4. The number of nitrogens with zero attached hydrogens (tertiary/aromatic N) is 2. The summed E-state index contributed by atoms with van der Waals surface area (Å²) in [5, 5.41) is 20.5. The number of ether oxygens (including phenoxy) is 1. The molecule has 0 aliphatic heterocycles. The second-order valence-electron chi connectivity index (χ2n) is 8.44. The Bertz CT molecular complexity index is 1210. The lowest BCUT2D eigenvalue weighted by Crippen LogP contribution is -2.48. The van der Waals surface area contributed by atoms with Crippen LogP contribution >= 0.6 is 0 Å². The maximum Gasteiger partial charge on any atom is 0.414 e. The average molecular weight is 461 g/mol. The molecule has 0 bridgehead atoms. The van der Waals surface area contributed by atoms with E-state index in [0.717, 1.165) is 41.5 Å². The van der Waals surface area contributed by atoms with Crippen molar-refractivity contribution in [1.82, 2.24) is 20.5 Å². The van der Waals surface area contributed by atoms with E-state index in [1.54, 1.807) is 0 Å². The summed E-state index contributed by atoms with van der Waals surface area (Å²) in [7, 11) is 0. The van der Waals surface area contributed by atoms with Crippen molar-refractivity contribution in [2.75, 3.05) is 11.9 Å². The molecule has 3 aromatic rings. The van der Waals surface area contributed by atoms with Crippen molar-refractivity contribution in [3.63, 3.8) is 0 Å². The summed E-state index contributed by atoms with van der Waals surface area (Å²) in [5.74, 6) is -2.31. The Hall–Kier alpha value is -4.21. The molecule has 0 spiro atoms. The molecule has 2 amide bonds. The number of hydrogen-bond donors (Lipinski definition) is 4. The van der Waals surface area contributed by atoms with Crippen molar-refractivity contribution in [1.29, 1.82) is 0 Å². The predicted molar refractivity (Wildman–Crippen MR) is 121 cm³/mol. The first-order chi connectivity index (χ1) is 16.5. The third-order valence-electron chi connectivity index (χ3n) is 6.43. The van der Waals surface area contributed by atoms with E-state index in [0.29, 0.717) is 0 Å². The number of carbonyl (C=O) groups excluding carboxylic acids is 2. The zero-order chi connectivity index (χ0) is 23.7. The van der Waals surface area contributed by atoms with E-state index in [1.807, 2.05) is 48.5 Å². The normalized spacial score (nSPS) is 15.5. The smallest absolute Gasteiger partial charge is 0.414 e. The Morgan fingerprint density at radius 2 is 1.71 bits per heavy atom. The van der Waals surface area contributed by atoms with Gasteiger partial charge in [-0.25, -0.2) is 9.59 Å². The number of aromatic nitrogens is 3. The number of rotatable bonds is 7. The molecule has 1 atom stereocenters. The highest BCUT2D eigenvalue weighted by Gasteiger charge is 2.34. The molecule has 1 heterocycles. The molecule has 174 valence electrons. The molecular formula is C24H23N5O5. The predicted octanol–water partition coefficient (Wildman–Crippen LogP) is 3.15. The molecule has 0 radical (unpaired) electrons. The molecule has 1 unspecified atom stereocenters. The Balaban J connectivity index is 1.19. The number of carboxylic acids is 1. The monoisotopic (exact) mass is 461 g/mol. The molecule has 1 aromatic heterocycles. The van der Waals surface area contributed by atoms with Gasteiger partial charge in [-0.05, 0) is 41.0 Å². The fourth-order valence-electron chi connectivity index (χ4n) is 4.51. The lowest BCUT2D eigenvalue weighted by Gasteiger charge is -2.31. The number of aliphatic carboxylic acids is 1. The number of carboxylic acid groups (broad SMARTS) is 1. The van der Waals surface area contributed by atoms with Crippen LogP contribution in [0.2, 0.25) is 0 Å². The van der Waals surface area contributed by atoms with Crippen LogP contribution in [0.4, 0.5) is 10.7 Å². The average Bonchev–Trinajstić information content (AvgIpc) is 3.39. The zero-order valence-electron chi connectivity index (χ0n) is 18.2. The molecule has 10 heteroatoms. The van der Waals surface area contributed by atoms with Gasteiger partial charge in [0.2, 0.25) is 5.82 Å². The number of anilines is 1. The van der Waals surface area contributed by atoms with E-state index in [-0.39, 0.29) is 30.2 Å². The summed E-state index contributed by atoms with van der Waals surface area (Å²) in [5.41, 5.74) is 4.43. The third kappa shape index (κ3) is 4.09. The minimum absolute atomic E-state index is 0.0916. The van der Waals surface area contributed by atoms with Crippen LogP contribution in [0.25, 0.3) is 11.1 Å². The Kier molecular flexibility index (Phi) is 5.70. The molecule has 5 rings (SSSR count). The topological polar surface area (TPSA) is 146 Å². The fourth-order valence-corrected chi connectivity index (χ4v) is 4.51. The van der Waals surface area contributed by atoms with Crippen LogP contribution in [0, 0.1) is 5.92 Å². The van der Waals surface area contributed by atoms with E-state index in [9.17, 15) is 19.5 Å². The number of aromatic amines is 1. The van der Waals surface area contributed by atoms with Gasteiger partial charge < -0.3 is 15.2 Å². The van der Waals surface area contributed by atoms with Crippen LogP contribution in [0.3, 0.4) is 0 Å². The molecule has 2 aromatic carbocycles. The van der Waals surface area contributed by atoms with Gasteiger partial charge in [-0.2, -0.15) is 4.98 Å². The van der Waals surface area contributed by atoms with Crippen LogP contribution < -0.4 is 10.6 Å². The van der Waals surface area contributed by atoms with E-state index in [1.165, 1.54) is 0 Å². The Morgan fingerprint density at radius 3 is 2.29 bits per heavy atom. The van der Waals surface area contributed by atoms with Crippen molar-refractivity contribution < 1.29 is 24.2 Å². The highest BCUT2D eigenvalue weighted by molar-refractivity contribution is 5.94. The summed E-state index contributed by atoms with van der Waals surface area (Å²) in [6.45, 7) is 0.124. The number of nitrogens with one attached hydrogen (secondary N) is 3. The number of fused-ring (bicyclic) bond motifs is 3. The molecule has 4 N–H and O–H groups in total. The Labute approximate surface area is 194 Å². The van der Waals surface area contributed by atoms with Crippen molar-refractivity contribution >= 4 is 23.9 Å². The minimum atomic E-state index is -1.09. The van der Waals surface area contributed by atoms with Gasteiger partial charge in [-0.1, -0.05) is 55.0 Å². The first-order valence-electron chi connectivity index (χ1n) is 11.1. The summed E-state index contributed by atoms with van der Waals surface area (Å²) in [4.78, 5) is 40.1. The number of carbonyl (C=O) groups is 3. The number of H-pyrrole nitrogens is 1. The fraction of sp³-hybridized carbons (Fsp3) is 0.292. The largest absolute Gasteiger partial charge is 0.480 e. The molecule has 1 fully saturated rings. The second kappa shape index (κ2) is 8.97. The SMILES string of the molecule is O=C(Nc1n[nH]c(C(=O)NC(C(=O)O)C2CCC2)n1)OCC1c2ccccc2-c2ccccc21. The van der Waals surface area contributed by atoms with Gasteiger partial charge in [-0.3, -0.25) is 15.2 Å². The van der Waals surface area contributed by atoms with E-state index in [2.05, 4.69) is 25.8 Å². The molecular weight excluding hydrogens is 438 g/mol. The van der Waals surface area contributed by atoms with Crippen LogP contribution in [-0.4, -0.2) is 50.9 Å². The first-order valence-corrected chi connectivity index (χ1v) is 11.1. The summed E-state index contributed by atoms with van der Waals surface area (Å²) in [6.07, 6.45) is 1.69. The van der Waals surface area contributed by atoms with Gasteiger partial charge in [0.1, 0.15) is 12.6 Å². The molecule has 10 nitrogen and oxygen atoms in total. The molecule has 2 aliphatic rings. The van der Waals surface area contributed by atoms with Crippen molar-refractivity contribution in [3.05, 3.63) is 65.5 Å². The van der Waals surface area contributed by atoms with Crippen molar-refractivity contribution in [2.24, 2.45) is 5.92 Å². The number of benzene rings is 2. The van der Waals surface area contributed by atoms with Gasteiger partial charge in [0, 0.05) is 5.92 Å². The maximum absolute atomic E-state index is 12.4. The van der Waals surface area contributed by atoms with Gasteiger partial charge in [0.05, 0.1) is 0 Å². The van der Waals surface area contributed by atoms with Gasteiger partial charge in [0.15, 0.2) is 0 Å².